The predicted octanol–water partition coefficient (Wildman–Crippen LogP) is 2.67. The van der Waals surface area contributed by atoms with E-state index in [4.69, 9.17) is 0 Å². The van der Waals surface area contributed by atoms with Gasteiger partial charge >= 0.3 is 6.03 Å². The molecule has 2 amide bonds. The maximum absolute atomic E-state index is 12.0. The number of urea groups is 1. The van der Waals surface area contributed by atoms with Crippen LogP contribution in [0.4, 0.5) is 10.5 Å². The van der Waals surface area contributed by atoms with Crippen LogP contribution in [0.25, 0.3) is 0 Å². The molecule has 0 atom stereocenters. The lowest BCUT2D eigenvalue weighted by atomic mass is 10.2. The molecule has 3 aromatic rings. The van der Waals surface area contributed by atoms with Gasteiger partial charge in [0.25, 0.3) is 0 Å². The predicted molar refractivity (Wildman–Crippen MR) is 92.9 cm³/mol. The summed E-state index contributed by atoms with van der Waals surface area (Å²) < 4.78 is 1.73. The van der Waals surface area contributed by atoms with E-state index in [1.165, 1.54) is 6.33 Å². The number of aromatic nitrogens is 4. The number of hydrogen-bond acceptors (Lipinski definition) is 5. The molecule has 7 nitrogen and oxygen atoms in total. The molecule has 0 aliphatic heterocycles. The molecular formula is C16H18N6OS. The number of nitrogens with one attached hydrogen (secondary N) is 2. The molecule has 0 aliphatic carbocycles. The lowest BCUT2D eigenvalue weighted by molar-refractivity contribution is 0.251. The average molecular weight is 342 g/mol. The van der Waals surface area contributed by atoms with Gasteiger partial charge in [-0.25, -0.2) is 19.4 Å². The quantitative estimate of drug-likeness (QED) is 0.721. The van der Waals surface area contributed by atoms with E-state index in [-0.39, 0.29) is 6.03 Å². The molecule has 0 aliphatic rings. The normalized spacial score (nSPS) is 10.5. The molecular weight excluding hydrogens is 324 g/mol. The van der Waals surface area contributed by atoms with E-state index in [1.54, 1.807) is 22.3 Å². The van der Waals surface area contributed by atoms with Crippen molar-refractivity contribution in [1.82, 2.24) is 25.1 Å². The molecule has 2 N–H and O–H groups in total. The second-order valence-corrected chi connectivity index (χ2v) is 6.13. The summed E-state index contributed by atoms with van der Waals surface area (Å²) in [5.41, 5.74) is 2.65. The minimum absolute atomic E-state index is 0.251. The first-order chi connectivity index (χ1) is 11.7. The van der Waals surface area contributed by atoms with Gasteiger partial charge in [0, 0.05) is 11.1 Å². The molecule has 0 fully saturated rings. The van der Waals surface area contributed by atoms with E-state index >= 15 is 0 Å². The topological polar surface area (TPSA) is 84.7 Å². The maximum atomic E-state index is 12.0. The zero-order valence-corrected chi connectivity index (χ0v) is 14.1. The third-order valence-corrected chi connectivity index (χ3v) is 4.37. The van der Waals surface area contributed by atoms with Crippen LogP contribution >= 0.6 is 11.3 Å². The zero-order chi connectivity index (χ0) is 16.8. The van der Waals surface area contributed by atoms with Crippen molar-refractivity contribution in [1.29, 1.82) is 0 Å². The summed E-state index contributed by atoms with van der Waals surface area (Å²) in [6.45, 7) is 3.09. The number of anilines is 1. The Kier molecular flexibility index (Phi) is 5.17. The van der Waals surface area contributed by atoms with Gasteiger partial charge < -0.3 is 10.6 Å². The van der Waals surface area contributed by atoms with Gasteiger partial charge in [0.15, 0.2) is 0 Å². The molecule has 0 saturated heterocycles. The standard InChI is InChI=1S/C16H18N6OS/c1-2-15-20-14(9-24-15)7-18-16(23)21-13-5-3-4-12(6-13)8-22-11-17-10-19-22/h3-6,9-11H,2,7-8H2,1H3,(H2,18,21,23). The Hall–Kier alpha value is -2.74. The van der Waals surface area contributed by atoms with Crippen molar-refractivity contribution >= 4 is 23.1 Å². The Morgan fingerprint density at radius 1 is 1.38 bits per heavy atom. The van der Waals surface area contributed by atoms with E-state index in [9.17, 15) is 4.79 Å². The molecule has 0 saturated carbocycles. The number of rotatable bonds is 6. The fraction of sp³-hybridized carbons (Fsp3) is 0.250. The van der Waals surface area contributed by atoms with Crippen LogP contribution in [0.1, 0.15) is 23.2 Å². The van der Waals surface area contributed by atoms with E-state index in [0.717, 1.165) is 28.4 Å². The van der Waals surface area contributed by atoms with Crippen molar-refractivity contribution in [2.24, 2.45) is 0 Å². The molecule has 0 radical (unpaired) electrons. The van der Waals surface area contributed by atoms with Crippen LogP contribution in [0.3, 0.4) is 0 Å². The molecule has 0 unspecified atom stereocenters. The molecule has 24 heavy (non-hydrogen) atoms. The maximum Gasteiger partial charge on any atom is 0.319 e. The number of thiazole rings is 1. The second kappa shape index (κ2) is 7.69. The fourth-order valence-electron chi connectivity index (χ4n) is 2.19. The first kappa shape index (κ1) is 16.1. The van der Waals surface area contributed by atoms with Gasteiger partial charge in [0.2, 0.25) is 0 Å². The van der Waals surface area contributed by atoms with Gasteiger partial charge in [-0.1, -0.05) is 19.1 Å². The lowest BCUT2D eigenvalue weighted by Gasteiger charge is -2.08. The third-order valence-electron chi connectivity index (χ3n) is 3.33. The van der Waals surface area contributed by atoms with Crippen molar-refractivity contribution in [2.75, 3.05) is 5.32 Å². The zero-order valence-electron chi connectivity index (χ0n) is 13.3. The van der Waals surface area contributed by atoms with Gasteiger partial charge in [-0.15, -0.1) is 11.3 Å². The Labute approximate surface area is 143 Å². The van der Waals surface area contributed by atoms with E-state index in [1.807, 2.05) is 29.6 Å². The van der Waals surface area contributed by atoms with Crippen LogP contribution in [-0.2, 0) is 19.5 Å². The molecule has 0 spiro atoms. The largest absolute Gasteiger partial charge is 0.332 e. The van der Waals surface area contributed by atoms with Crippen LogP contribution in [0.5, 0.6) is 0 Å². The summed E-state index contributed by atoms with van der Waals surface area (Å²) in [7, 11) is 0. The second-order valence-electron chi connectivity index (χ2n) is 5.19. The molecule has 2 aromatic heterocycles. The molecule has 124 valence electrons. The number of amides is 2. The highest BCUT2D eigenvalue weighted by Crippen LogP contribution is 2.12. The highest BCUT2D eigenvalue weighted by Gasteiger charge is 2.05. The van der Waals surface area contributed by atoms with E-state index < -0.39 is 0 Å². The first-order valence-corrected chi connectivity index (χ1v) is 8.50. The number of benzene rings is 1. The van der Waals surface area contributed by atoms with Gasteiger partial charge in [-0.2, -0.15) is 5.10 Å². The minimum atomic E-state index is -0.251. The van der Waals surface area contributed by atoms with Crippen molar-refractivity contribution in [3.8, 4) is 0 Å². The monoisotopic (exact) mass is 342 g/mol. The van der Waals surface area contributed by atoms with Crippen LogP contribution in [0.2, 0.25) is 0 Å². The highest BCUT2D eigenvalue weighted by molar-refractivity contribution is 7.09. The van der Waals surface area contributed by atoms with Gasteiger partial charge in [0.1, 0.15) is 12.7 Å². The lowest BCUT2D eigenvalue weighted by Crippen LogP contribution is -2.28. The van der Waals surface area contributed by atoms with E-state index in [0.29, 0.717) is 13.1 Å². The molecule has 3 rings (SSSR count). The van der Waals surface area contributed by atoms with Crippen LogP contribution in [-0.4, -0.2) is 25.8 Å². The summed E-state index contributed by atoms with van der Waals surface area (Å²) in [5, 5.41) is 12.8. The Balaban J connectivity index is 1.54. The van der Waals surface area contributed by atoms with Crippen LogP contribution < -0.4 is 10.6 Å². The first-order valence-electron chi connectivity index (χ1n) is 7.62. The number of nitrogens with zero attached hydrogens (tertiary/aromatic N) is 4. The summed E-state index contributed by atoms with van der Waals surface area (Å²) in [6.07, 6.45) is 4.07. The fourth-order valence-corrected chi connectivity index (χ4v) is 2.93. The Morgan fingerprint density at radius 3 is 3.04 bits per heavy atom. The number of hydrogen-bond donors (Lipinski definition) is 2. The number of carbonyl (C=O) groups is 1. The van der Waals surface area contributed by atoms with Crippen molar-refractivity contribution in [3.05, 3.63) is 58.6 Å². The van der Waals surface area contributed by atoms with Crippen LogP contribution in [0.15, 0.2) is 42.3 Å². The van der Waals surface area contributed by atoms with Crippen molar-refractivity contribution < 1.29 is 4.79 Å². The van der Waals surface area contributed by atoms with Gasteiger partial charge in [-0.3, -0.25) is 0 Å². The molecule has 1 aromatic carbocycles. The van der Waals surface area contributed by atoms with Gasteiger partial charge in [-0.05, 0) is 24.1 Å². The van der Waals surface area contributed by atoms with Crippen molar-refractivity contribution in [3.63, 3.8) is 0 Å². The SMILES string of the molecule is CCc1nc(CNC(=O)Nc2cccc(Cn3cncn3)c2)cs1. The minimum Gasteiger partial charge on any atom is -0.332 e. The summed E-state index contributed by atoms with van der Waals surface area (Å²) in [6, 6.07) is 7.39. The Bertz CT molecular complexity index is 799. The molecule has 2 heterocycles. The Morgan fingerprint density at radius 2 is 2.29 bits per heavy atom. The number of aryl methyl sites for hydroxylation is 1. The van der Waals surface area contributed by atoms with Crippen LogP contribution in [0, 0.1) is 0 Å². The smallest absolute Gasteiger partial charge is 0.319 e. The van der Waals surface area contributed by atoms with Gasteiger partial charge in [0.05, 0.1) is 23.8 Å². The molecule has 0 bridgehead atoms. The third kappa shape index (κ3) is 4.39. The average Bonchev–Trinajstić information content (AvgIpc) is 3.24. The highest BCUT2D eigenvalue weighted by atomic mass is 32.1. The summed E-state index contributed by atoms with van der Waals surface area (Å²) in [5.74, 6) is 0. The number of carbonyl (C=O) groups excluding carboxylic acids is 1. The van der Waals surface area contributed by atoms with Crippen molar-refractivity contribution in [2.45, 2.75) is 26.4 Å². The summed E-state index contributed by atoms with van der Waals surface area (Å²) in [4.78, 5) is 20.4. The van der Waals surface area contributed by atoms with E-state index in [2.05, 4.69) is 32.6 Å². The summed E-state index contributed by atoms with van der Waals surface area (Å²) >= 11 is 1.61. The molecule has 8 heteroatoms.